The summed E-state index contributed by atoms with van der Waals surface area (Å²) in [7, 11) is 0. The number of carbonyl (C=O) groups excluding carboxylic acids is 2. The van der Waals surface area contributed by atoms with Crippen molar-refractivity contribution in [3.63, 3.8) is 0 Å². The number of rotatable bonds is 4. The fourth-order valence-electron chi connectivity index (χ4n) is 1.30. The predicted molar refractivity (Wildman–Crippen MR) is 65.9 cm³/mol. The van der Waals surface area contributed by atoms with Gasteiger partial charge in [-0.15, -0.1) is 0 Å². The van der Waals surface area contributed by atoms with E-state index < -0.39 is 11.9 Å². The van der Waals surface area contributed by atoms with Crippen LogP contribution >= 0.6 is 0 Å². The summed E-state index contributed by atoms with van der Waals surface area (Å²) in [6.07, 6.45) is 0. The van der Waals surface area contributed by atoms with Gasteiger partial charge in [-0.05, 0) is 6.92 Å². The van der Waals surface area contributed by atoms with E-state index in [1.807, 2.05) is 6.07 Å². The molecule has 0 aliphatic rings. The zero-order valence-corrected chi connectivity index (χ0v) is 10.3. The SMILES string of the molecule is CCOC(=O)/C(OC(C)=O)=C(\N)c1ccccc1. The molecular formula is C13H15NO4. The topological polar surface area (TPSA) is 78.6 Å². The molecule has 0 fully saturated rings. The lowest BCUT2D eigenvalue weighted by atomic mass is 10.1. The Hall–Kier alpha value is -2.30. The van der Waals surface area contributed by atoms with Crippen molar-refractivity contribution in [3.05, 3.63) is 41.7 Å². The van der Waals surface area contributed by atoms with Crippen molar-refractivity contribution in [1.29, 1.82) is 0 Å². The Balaban J connectivity index is 3.14. The molecule has 0 radical (unpaired) electrons. The van der Waals surface area contributed by atoms with Crippen molar-refractivity contribution in [1.82, 2.24) is 0 Å². The summed E-state index contributed by atoms with van der Waals surface area (Å²) < 4.78 is 9.62. The molecule has 0 saturated carbocycles. The van der Waals surface area contributed by atoms with Crippen molar-refractivity contribution in [2.24, 2.45) is 5.73 Å². The predicted octanol–water partition coefficient (Wildman–Crippen LogP) is 1.44. The lowest BCUT2D eigenvalue weighted by Gasteiger charge is -2.10. The Bertz CT molecular complexity index is 465. The number of carbonyl (C=O) groups is 2. The molecule has 0 aliphatic heterocycles. The molecule has 0 unspecified atom stereocenters. The maximum atomic E-state index is 11.7. The third-order valence-corrected chi connectivity index (χ3v) is 2.04. The third kappa shape index (κ3) is 3.62. The van der Waals surface area contributed by atoms with Crippen LogP contribution in [0, 0.1) is 0 Å². The van der Waals surface area contributed by atoms with Gasteiger partial charge in [0.1, 0.15) is 0 Å². The maximum absolute atomic E-state index is 11.7. The molecule has 0 amide bonds. The first-order valence-corrected chi connectivity index (χ1v) is 5.47. The first-order valence-electron chi connectivity index (χ1n) is 5.47. The van der Waals surface area contributed by atoms with E-state index >= 15 is 0 Å². The highest BCUT2D eigenvalue weighted by Gasteiger charge is 2.20. The molecule has 0 atom stereocenters. The van der Waals surface area contributed by atoms with Crippen LogP contribution in [0.5, 0.6) is 0 Å². The van der Waals surface area contributed by atoms with Gasteiger partial charge in [-0.25, -0.2) is 4.79 Å². The average molecular weight is 249 g/mol. The van der Waals surface area contributed by atoms with Crippen molar-refractivity contribution in [3.8, 4) is 0 Å². The highest BCUT2D eigenvalue weighted by Crippen LogP contribution is 2.15. The number of ether oxygens (including phenoxy) is 2. The van der Waals surface area contributed by atoms with Crippen molar-refractivity contribution >= 4 is 17.6 Å². The summed E-state index contributed by atoms with van der Waals surface area (Å²) in [5, 5.41) is 0. The van der Waals surface area contributed by atoms with E-state index in [1.165, 1.54) is 6.92 Å². The van der Waals surface area contributed by atoms with Crippen LogP contribution in [0.15, 0.2) is 36.1 Å². The van der Waals surface area contributed by atoms with E-state index in [4.69, 9.17) is 15.2 Å². The van der Waals surface area contributed by atoms with Gasteiger partial charge in [-0.1, -0.05) is 30.3 Å². The molecule has 1 aromatic rings. The third-order valence-electron chi connectivity index (χ3n) is 2.04. The molecule has 0 heterocycles. The zero-order valence-electron chi connectivity index (χ0n) is 10.3. The number of hydrogen-bond acceptors (Lipinski definition) is 5. The summed E-state index contributed by atoms with van der Waals surface area (Å²) in [5.74, 6) is -1.67. The summed E-state index contributed by atoms with van der Waals surface area (Å²) in [6, 6.07) is 8.75. The van der Waals surface area contributed by atoms with Crippen LogP contribution < -0.4 is 5.73 Å². The number of nitrogens with two attached hydrogens (primary N) is 1. The van der Waals surface area contributed by atoms with E-state index in [0.717, 1.165) is 0 Å². The van der Waals surface area contributed by atoms with Gasteiger partial charge in [0.15, 0.2) is 0 Å². The highest BCUT2D eigenvalue weighted by atomic mass is 16.6. The molecule has 0 aliphatic carbocycles. The Labute approximate surface area is 105 Å². The summed E-state index contributed by atoms with van der Waals surface area (Å²) in [5.41, 5.74) is 6.48. The smallest absolute Gasteiger partial charge is 0.376 e. The van der Waals surface area contributed by atoms with Crippen molar-refractivity contribution in [2.45, 2.75) is 13.8 Å². The van der Waals surface area contributed by atoms with E-state index in [9.17, 15) is 9.59 Å². The molecular weight excluding hydrogens is 234 g/mol. The van der Waals surface area contributed by atoms with Gasteiger partial charge in [-0.2, -0.15) is 0 Å². The van der Waals surface area contributed by atoms with Crippen molar-refractivity contribution < 1.29 is 19.1 Å². The Kier molecular flexibility index (Phi) is 4.92. The zero-order chi connectivity index (χ0) is 13.5. The normalized spacial score (nSPS) is 11.4. The van der Waals surface area contributed by atoms with Gasteiger partial charge in [0.2, 0.25) is 5.76 Å². The lowest BCUT2D eigenvalue weighted by molar-refractivity contribution is -0.149. The van der Waals surface area contributed by atoms with E-state index in [2.05, 4.69) is 0 Å². The van der Waals surface area contributed by atoms with Crippen molar-refractivity contribution in [2.75, 3.05) is 6.61 Å². The number of benzene rings is 1. The molecule has 1 rings (SSSR count). The van der Waals surface area contributed by atoms with Gasteiger partial charge < -0.3 is 15.2 Å². The molecule has 2 N–H and O–H groups in total. The first kappa shape index (κ1) is 13.8. The van der Waals surface area contributed by atoms with Crippen LogP contribution in [-0.2, 0) is 19.1 Å². The van der Waals surface area contributed by atoms with Crippen LogP contribution in [0.2, 0.25) is 0 Å². The van der Waals surface area contributed by atoms with E-state index in [-0.39, 0.29) is 18.1 Å². The molecule has 5 nitrogen and oxygen atoms in total. The van der Waals surface area contributed by atoms with Gasteiger partial charge in [0.05, 0.1) is 12.3 Å². The molecule has 0 aromatic heterocycles. The minimum atomic E-state index is -0.756. The largest absolute Gasteiger partial charge is 0.460 e. The fourth-order valence-corrected chi connectivity index (χ4v) is 1.30. The van der Waals surface area contributed by atoms with Gasteiger partial charge in [0, 0.05) is 12.5 Å². The molecule has 18 heavy (non-hydrogen) atoms. The van der Waals surface area contributed by atoms with Crippen LogP contribution in [0.4, 0.5) is 0 Å². The Morgan fingerprint density at radius 3 is 2.33 bits per heavy atom. The van der Waals surface area contributed by atoms with Gasteiger partial charge >= 0.3 is 11.9 Å². The van der Waals surface area contributed by atoms with Gasteiger partial charge in [0.25, 0.3) is 0 Å². The van der Waals surface area contributed by atoms with Gasteiger partial charge in [-0.3, -0.25) is 4.79 Å². The number of hydrogen-bond donors (Lipinski definition) is 1. The standard InChI is InChI=1S/C13H15NO4/c1-3-17-13(16)12(18-9(2)15)11(14)10-7-5-4-6-8-10/h4-8H,3,14H2,1-2H3/b12-11+. The molecule has 0 spiro atoms. The second kappa shape index (κ2) is 6.44. The van der Waals surface area contributed by atoms with E-state index in [1.54, 1.807) is 31.2 Å². The summed E-state index contributed by atoms with van der Waals surface area (Å²) in [4.78, 5) is 22.6. The minimum Gasteiger partial charge on any atom is -0.460 e. The van der Waals surface area contributed by atoms with Crippen LogP contribution in [0.1, 0.15) is 19.4 Å². The fraction of sp³-hybridized carbons (Fsp3) is 0.231. The van der Waals surface area contributed by atoms with Crippen LogP contribution in [0.25, 0.3) is 5.70 Å². The average Bonchev–Trinajstić information content (AvgIpc) is 2.36. The second-order valence-electron chi connectivity index (χ2n) is 3.42. The number of esters is 2. The van der Waals surface area contributed by atoms with Crippen LogP contribution in [-0.4, -0.2) is 18.5 Å². The monoisotopic (exact) mass is 249 g/mol. The molecule has 0 bridgehead atoms. The molecule has 5 heteroatoms. The molecule has 96 valence electrons. The molecule has 0 saturated heterocycles. The maximum Gasteiger partial charge on any atom is 0.376 e. The van der Waals surface area contributed by atoms with E-state index in [0.29, 0.717) is 5.56 Å². The summed E-state index contributed by atoms with van der Waals surface area (Å²) in [6.45, 7) is 3.02. The Morgan fingerprint density at radius 1 is 1.22 bits per heavy atom. The summed E-state index contributed by atoms with van der Waals surface area (Å²) >= 11 is 0. The Morgan fingerprint density at radius 2 is 1.83 bits per heavy atom. The lowest BCUT2D eigenvalue weighted by Crippen LogP contribution is -2.18. The van der Waals surface area contributed by atoms with Crippen LogP contribution in [0.3, 0.4) is 0 Å². The highest BCUT2D eigenvalue weighted by molar-refractivity contribution is 5.97. The molecule has 1 aromatic carbocycles. The quantitative estimate of drug-likeness (QED) is 0.496. The first-order chi connectivity index (χ1) is 8.56. The minimum absolute atomic E-state index is 0.0734. The second-order valence-corrected chi connectivity index (χ2v) is 3.42.